The van der Waals surface area contributed by atoms with Crippen LogP contribution in [-0.2, 0) is 6.54 Å². The van der Waals surface area contributed by atoms with Crippen LogP contribution in [0.25, 0.3) is 0 Å². The Bertz CT molecular complexity index is 721. The van der Waals surface area contributed by atoms with Gasteiger partial charge in [0, 0.05) is 45.5 Å². The highest BCUT2D eigenvalue weighted by Gasteiger charge is 2.24. The predicted octanol–water partition coefficient (Wildman–Crippen LogP) is 2.19. The van der Waals surface area contributed by atoms with Gasteiger partial charge in [-0.05, 0) is 31.0 Å². The van der Waals surface area contributed by atoms with E-state index in [1.54, 1.807) is 0 Å². The second-order valence-corrected chi connectivity index (χ2v) is 7.24. The van der Waals surface area contributed by atoms with E-state index >= 15 is 0 Å². The summed E-state index contributed by atoms with van der Waals surface area (Å²) in [7, 11) is 0. The lowest BCUT2D eigenvalue weighted by atomic mass is 10.1. The van der Waals surface area contributed by atoms with Crippen molar-refractivity contribution < 1.29 is 4.79 Å². The molecule has 146 valence electrons. The van der Waals surface area contributed by atoms with Crippen LogP contribution in [0.5, 0.6) is 0 Å². The fourth-order valence-electron chi connectivity index (χ4n) is 3.83. The molecule has 0 aliphatic carbocycles. The van der Waals surface area contributed by atoms with Crippen LogP contribution in [0, 0.1) is 0 Å². The minimum atomic E-state index is 0. The number of aromatic nitrogens is 2. The van der Waals surface area contributed by atoms with Crippen LogP contribution >= 0.6 is 12.4 Å². The highest BCUT2D eigenvalue weighted by Crippen LogP contribution is 2.17. The number of carbonyl (C=O) groups excluding carboxylic acids is 1. The van der Waals surface area contributed by atoms with Crippen molar-refractivity contribution in [3.05, 3.63) is 53.9 Å². The van der Waals surface area contributed by atoms with E-state index in [2.05, 4.69) is 39.6 Å². The van der Waals surface area contributed by atoms with Gasteiger partial charge in [0.1, 0.15) is 5.69 Å². The summed E-state index contributed by atoms with van der Waals surface area (Å²) in [5.74, 6) is 0.0619. The molecule has 1 N–H and O–H groups in total. The van der Waals surface area contributed by atoms with Crippen LogP contribution in [0.4, 0.5) is 0 Å². The molecule has 1 aromatic carbocycles. The lowest BCUT2D eigenvalue weighted by Crippen LogP contribution is -2.48. The largest absolute Gasteiger partial charge is 0.335 e. The van der Waals surface area contributed by atoms with Gasteiger partial charge in [0.25, 0.3) is 5.91 Å². The molecule has 2 aromatic rings. The molecule has 1 aromatic heterocycles. The van der Waals surface area contributed by atoms with Crippen LogP contribution in [0.2, 0.25) is 0 Å². The van der Waals surface area contributed by atoms with Crippen LogP contribution in [0.1, 0.15) is 34.9 Å². The summed E-state index contributed by atoms with van der Waals surface area (Å²) in [6, 6.07) is 12.7. The van der Waals surface area contributed by atoms with Gasteiger partial charge in [0.15, 0.2) is 0 Å². The molecule has 2 saturated heterocycles. The zero-order chi connectivity index (χ0) is 17.8. The van der Waals surface area contributed by atoms with Gasteiger partial charge in [0.05, 0.1) is 6.04 Å². The molecule has 0 spiro atoms. The number of piperazine rings is 1. The van der Waals surface area contributed by atoms with Gasteiger partial charge in [-0.25, -0.2) is 0 Å². The molecule has 1 unspecified atom stereocenters. The highest BCUT2D eigenvalue weighted by molar-refractivity contribution is 5.92. The van der Waals surface area contributed by atoms with E-state index < -0.39 is 0 Å². The lowest BCUT2D eigenvalue weighted by molar-refractivity contribution is 0.0621. The number of hydrogen-bond acceptors (Lipinski definition) is 4. The summed E-state index contributed by atoms with van der Waals surface area (Å²) < 4.78 is 1.96. The molecule has 4 rings (SSSR count). The van der Waals surface area contributed by atoms with Crippen LogP contribution < -0.4 is 5.32 Å². The molecule has 1 atom stereocenters. The molecular weight excluding hydrogens is 362 g/mol. The van der Waals surface area contributed by atoms with Crippen LogP contribution in [0.3, 0.4) is 0 Å². The Morgan fingerprint density at radius 3 is 2.59 bits per heavy atom. The maximum Gasteiger partial charge on any atom is 0.274 e. The first-order valence-electron chi connectivity index (χ1n) is 9.61. The first-order chi connectivity index (χ1) is 12.8. The summed E-state index contributed by atoms with van der Waals surface area (Å²) in [5.41, 5.74) is 1.90. The number of rotatable bonds is 4. The molecule has 1 amide bonds. The minimum absolute atomic E-state index is 0. The molecular formula is C20H28ClN5O. The second kappa shape index (κ2) is 9.35. The van der Waals surface area contributed by atoms with Crippen molar-refractivity contribution in [2.24, 2.45) is 0 Å². The molecule has 0 saturated carbocycles. The van der Waals surface area contributed by atoms with Gasteiger partial charge in [-0.3, -0.25) is 14.4 Å². The zero-order valence-corrected chi connectivity index (χ0v) is 16.4. The fourth-order valence-corrected chi connectivity index (χ4v) is 3.83. The van der Waals surface area contributed by atoms with E-state index in [1.807, 2.05) is 27.9 Å². The van der Waals surface area contributed by atoms with Gasteiger partial charge in [-0.15, -0.1) is 12.4 Å². The number of hydrogen-bond donors (Lipinski definition) is 1. The summed E-state index contributed by atoms with van der Waals surface area (Å²) in [5, 5.41) is 7.97. The second-order valence-electron chi connectivity index (χ2n) is 7.24. The highest BCUT2D eigenvalue weighted by atomic mass is 35.5. The molecule has 2 fully saturated rings. The molecule has 7 heteroatoms. The molecule has 3 heterocycles. The molecule has 0 radical (unpaired) electrons. The SMILES string of the molecule is Cl.O=C(c1ccn(C2CCCNC2)n1)N1CCN(Cc2ccccc2)CC1. The maximum absolute atomic E-state index is 12.8. The number of carbonyl (C=O) groups is 1. The van der Waals surface area contributed by atoms with E-state index in [0.717, 1.165) is 58.7 Å². The molecule has 6 nitrogen and oxygen atoms in total. The van der Waals surface area contributed by atoms with Gasteiger partial charge < -0.3 is 10.2 Å². The number of nitrogens with zero attached hydrogens (tertiary/aromatic N) is 4. The van der Waals surface area contributed by atoms with Crippen molar-refractivity contribution in [2.45, 2.75) is 25.4 Å². The number of benzene rings is 1. The Hall–Kier alpha value is -1.89. The van der Waals surface area contributed by atoms with Gasteiger partial charge in [0.2, 0.25) is 0 Å². The average molecular weight is 390 g/mol. The molecule has 27 heavy (non-hydrogen) atoms. The number of piperidine rings is 1. The number of amides is 1. The van der Waals surface area contributed by atoms with E-state index in [9.17, 15) is 4.79 Å². The summed E-state index contributed by atoms with van der Waals surface area (Å²) in [6.45, 7) is 6.32. The van der Waals surface area contributed by atoms with E-state index in [0.29, 0.717) is 11.7 Å². The summed E-state index contributed by atoms with van der Waals surface area (Å²) in [6.07, 6.45) is 4.24. The van der Waals surface area contributed by atoms with Crippen molar-refractivity contribution in [3.8, 4) is 0 Å². The smallest absolute Gasteiger partial charge is 0.274 e. The van der Waals surface area contributed by atoms with Crippen LogP contribution in [-0.4, -0.2) is 64.8 Å². The monoisotopic (exact) mass is 389 g/mol. The Labute approximate surface area is 166 Å². The number of nitrogens with one attached hydrogen (secondary N) is 1. The third-order valence-electron chi connectivity index (χ3n) is 5.38. The Balaban J connectivity index is 0.00000210. The van der Waals surface area contributed by atoms with Crippen molar-refractivity contribution in [1.82, 2.24) is 24.9 Å². The fraction of sp³-hybridized carbons (Fsp3) is 0.500. The zero-order valence-electron chi connectivity index (χ0n) is 15.6. The van der Waals surface area contributed by atoms with Crippen molar-refractivity contribution in [2.75, 3.05) is 39.3 Å². The normalized spacial score (nSPS) is 20.9. The molecule has 2 aliphatic heterocycles. The van der Waals surface area contributed by atoms with Crippen molar-refractivity contribution >= 4 is 18.3 Å². The number of halogens is 1. The molecule has 0 bridgehead atoms. The molecule has 2 aliphatic rings. The summed E-state index contributed by atoms with van der Waals surface area (Å²) >= 11 is 0. The lowest BCUT2D eigenvalue weighted by Gasteiger charge is -2.34. The van der Waals surface area contributed by atoms with Crippen LogP contribution in [0.15, 0.2) is 42.6 Å². The average Bonchev–Trinajstić information content (AvgIpc) is 3.20. The topological polar surface area (TPSA) is 53.4 Å². The Kier molecular flexibility index (Phi) is 6.88. The minimum Gasteiger partial charge on any atom is -0.335 e. The van der Waals surface area contributed by atoms with Gasteiger partial charge in [-0.2, -0.15) is 5.10 Å². The standard InChI is InChI=1S/C20H27N5O.ClH/c26-20(19-8-10-25(22-19)18-7-4-9-21-15-18)24-13-11-23(12-14-24)16-17-5-2-1-3-6-17;/h1-3,5-6,8,10,18,21H,4,7,9,11-16H2;1H. The van der Waals surface area contributed by atoms with Gasteiger partial charge in [-0.1, -0.05) is 30.3 Å². The van der Waals surface area contributed by atoms with E-state index in [4.69, 9.17) is 0 Å². The van der Waals surface area contributed by atoms with Crippen molar-refractivity contribution in [1.29, 1.82) is 0 Å². The predicted molar refractivity (Wildman–Crippen MR) is 108 cm³/mol. The van der Waals surface area contributed by atoms with Crippen molar-refractivity contribution in [3.63, 3.8) is 0 Å². The first-order valence-corrected chi connectivity index (χ1v) is 9.61. The summed E-state index contributed by atoms with van der Waals surface area (Å²) in [4.78, 5) is 17.1. The maximum atomic E-state index is 12.8. The van der Waals surface area contributed by atoms with E-state index in [-0.39, 0.29) is 18.3 Å². The van der Waals surface area contributed by atoms with Gasteiger partial charge >= 0.3 is 0 Å². The Morgan fingerprint density at radius 1 is 1.11 bits per heavy atom. The quantitative estimate of drug-likeness (QED) is 0.870. The third-order valence-corrected chi connectivity index (χ3v) is 5.38. The third kappa shape index (κ3) is 4.89. The Morgan fingerprint density at radius 2 is 1.89 bits per heavy atom. The first kappa shape index (κ1) is 19.9. The van der Waals surface area contributed by atoms with E-state index in [1.165, 1.54) is 5.56 Å².